The van der Waals surface area contributed by atoms with Gasteiger partial charge in [-0.1, -0.05) is 0 Å². The SMILES string of the molecule is O=C(O)CC1CSCCN1C(=O)CN1CCNCC1. The van der Waals surface area contributed by atoms with Crippen molar-refractivity contribution in [2.24, 2.45) is 0 Å². The highest BCUT2D eigenvalue weighted by molar-refractivity contribution is 7.99. The second-order valence-corrected chi connectivity index (χ2v) is 6.09. The number of carboxylic acids is 1. The third-order valence-corrected chi connectivity index (χ3v) is 4.62. The number of carbonyl (C=O) groups is 2. The lowest BCUT2D eigenvalue weighted by Gasteiger charge is -2.36. The Bertz CT molecular complexity index is 334. The standard InChI is InChI=1S/C12H21N3O3S/c16-11(8-14-3-1-13-2-4-14)15-5-6-19-9-10(15)7-12(17)18/h10,13H,1-9H2,(H,17,18). The molecule has 6 nitrogen and oxygen atoms in total. The molecule has 0 radical (unpaired) electrons. The van der Waals surface area contributed by atoms with Crippen LogP contribution in [0.25, 0.3) is 0 Å². The molecule has 2 heterocycles. The van der Waals surface area contributed by atoms with Gasteiger partial charge in [0.1, 0.15) is 0 Å². The van der Waals surface area contributed by atoms with Crippen LogP contribution in [0, 0.1) is 0 Å². The number of piperazine rings is 1. The minimum Gasteiger partial charge on any atom is -0.481 e. The highest BCUT2D eigenvalue weighted by Gasteiger charge is 2.29. The summed E-state index contributed by atoms with van der Waals surface area (Å²) in [6.45, 7) is 4.70. The molecule has 2 aliphatic rings. The number of rotatable bonds is 4. The zero-order valence-electron chi connectivity index (χ0n) is 11.0. The summed E-state index contributed by atoms with van der Waals surface area (Å²) in [7, 11) is 0. The lowest BCUT2D eigenvalue weighted by molar-refractivity contribution is -0.140. The first-order valence-electron chi connectivity index (χ1n) is 6.69. The number of hydrogen-bond acceptors (Lipinski definition) is 5. The molecule has 1 amide bonds. The Kier molecular flexibility index (Phi) is 5.47. The normalized spacial score (nSPS) is 25.3. The first-order chi connectivity index (χ1) is 9.16. The molecular weight excluding hydrogens is 266 g/mol. The number of thioether (sulfide) groups is 1. The molecule has 2 aliphatic heterocycles. The predicted octanol–water partition coefficient (Wildman–Crippen LogP) is -0.690. The Hall–Kier alpha value is -0.790. The zero-order valence-corrected chi connectivity index (χ0v) is 11.8. The Morgan fingerprint density at radius 3 is 2.68 bits per heavy atom. The van der Waals surface area contributed by atoms with Crippen LogP contribution in [-0.2, 0) is 9.59 Å². The van der Waals surface area contributed by atoms with Crippen molar-refractivity contribution >= 4 is 23.6 Å². The van der Waals surface area contributed by atoms with E-state index >= 15 is 0 Å². The molecule has 0 saturated carbocycles. The van der Waals surface area contributed by atoms with E-state index in [0.29, 0.717) is 13.1 Å². The van der Waals surface area contributed by atoms with Crippen molar-refractivity contribution in [3.05, 3.63) is 0 Å². The second kappa shape index (κ2) is 7.12. The molecule has 0 aliphatic carbocycles. The number of aliphatic carboxylic acids is 1. The van der Waals surface area contributed by atoms with E-state index in [2.05, 4.69) is 10.2 Å². The number of carboxylic acid groups (broad SMARTS) is 1. The largest absolute Gasteiger partial charge is 0.481 e. The predicted molar refractivity (Wildman–Crippen MR) is 74.4 cm³/mol. The third-order valence-electron chi connectivity index (χ3n) is 3.53. The monoisotopic (exact) mass is 287 g/mol. The van der Waals surface area contributed by atoms with Crippen LogP contribution in [0.5, 0.6) is 0 Å². The molecule has 0 spiro atoms. The van der Waals surface area contributed by atoms with Crippen molar-refractivity contribution in [2.45, 2.75) is 12.5 Å². The summed E-state index contributed by atoms with van der Waals surface area (Å²) in [5.74, 6) is 0.893. The van der Waals surface area contributed by atoms with Crippen LogP contribution in [0.15, 0.2) is 0 Å². The average molecular weight is 287 g/mol. The number of carbonyl (C=O) groups excluding carboxylic acids is 1. The molecule has 1 atom stereocenters. The van der Waals surface area contributed by atoms with Crippen LogP contribution in [0.2, 0.25) is 0 Å². The summed E-state index contributed by atoms with van der Waals surface area (Å²) in [5, 5.41) is 12.2. The quantitative estimate of drug-likeness (QED) is 0.713. The summed E-state index contributed by atoms with van der Waals surface area (Å²) in [4.78, 5) is 27.1. The lowest BCUT2D eigenvalue weighted by atomic mass is 10.2. The lowest BCUT2D eigenvalue weighted by Crippen LogP contribution is -2.53. The van der Waals surface area contributed by atoms with Crippen LogP contribution < -0.4 is 5.32 Å². The van der Waals surface area contributed by atoms with Gasteiger partial charge in [0, 0.05) is 44.2 Å². The van der Waals surface area contributed by atoms with Crippen molar-refractivity contribution in [3.63, 3.8) is 0 Å². The number of hydrogen-bond donors (Lipinski definition) is 2. The van der Waals surface area contributed by atoms with E-state index in [-0.39, 0.29) is 18.4 Å². The van der Waals surface area contributed by atoms with E-state index in [1.54, 1.807) is 16.7 Å². The van der Waals surface area contributed by atoms with E-state index in [4.69, 9.17) is 5.11 Å². The minimum atomic E-state index is -0.826. The molecule has 2 fully saturated rings. The van der Waals surface area contributed by atoms with Crippen molar-refractivity contribution in [2.75, 3.05) is 50.8 Å². The van der Waals surface area contributed by atoms with E-state index in [9.17, 15) is 9.59 Å². The van der Waals surface area contributed by atoms with Gasteiger partial charge >= 0.3 is 5.97 Å². The third kappa shape index (κ3) is 4.36. The number of nitrogens with zero attached hydrogens (tertiary/aromatic N) is 2. The molecule has 1 unspecified atom stereocenters. The summed E-state index contributed by atoms with van der Waals surface area (Å²) in [6, 6.07) is -0.147. The fourth-order valence-electron chi connectivity index (χ4n) is 2.51. The molecule has 108 valence electrons. The molecule has 19 heavy (non-hydrogen) atoms. The molecule has 2 saturated heterocycles. The summed E-state index contributed by atoms with van der Waals surface area (Å²) in [6.07, 6.45) is 0.0558. The molecule has 7 heteroatoms. The van der Waals surface area contributed by atoms with E-state index in [1.807, 2.05) is 0 Å². The van der Waals surface area contributed by atoms with Crippen molar-refractivity contribution < 1.29 is 14.7 Å². The molecule has 2 rings (SSSR count). The Morgan fingerprint density at radius 1 is 1.26 bits per heavy atom. The van der Waals surface area contributed by atoms with Crippen LogP contribution >= 0.6 is 11.8 Å². The van der Waals surface area contributed by atoms with Gasteiger partial charge in [-0.15, -0.1) is 0 Å². The maximum atomic E-state index is 12.3. The molecule has 0 aromatic carbocycles. The Morgan fingerprint density at radius 2 is 2.00 bits per heavy atom. The van der Waals surface area contributed by atoms with Crippen LogP contribution in [0.1, 0.15) is 6.42 Å². The van der Waals surface area contributed by atoms with Gasteiger partial charge in [-0.3, -0.25) is 14.5 Å². The van der Waals surface area contributed by atoms with E-state index in [0.717, 1.165) is 37.7 Å². The van der Waals surface area contributed by atoms with Crippen molar-refractivity contribution in [3.8, 4) is 0 Å². The van der Waals surface area contributed by atoms with Crippen molar-refractivity contribution in [1.29, 1.82) is 0 Å². The van der Waals surface area contributed by atoms with Gasteiger partial charge in [0.05, 0.1) is 19.0 Å². The summed E-state index contributed by atoms with van der Waals surface area (Å²) >= 11 is 1.73. The minimum absolute atomic E-state index is 0.0558. The average Bonchev–Trinajstić information content (AvgIpc) is 2.39. The van der Waals surface area contributed by atoms with Gasteiger partial charge in [-0.25, -0.2) is 0 Å². The smallest absolute Gasteiger partial charge is 0.305 e. The van der Waals surface area contributed by atoms with Crippen molar-refractivity contribution in [1.82, 2.24) is 15.1 Å². The molecule has 0 aromatic rings. The van der Waals surface area contributed by atoms with Gasteiger partial charge in [-0.2, -0.15) is 11.8 Å². The maximum Gasteiger partial charge on any atom is 0.305 e. The summed E-state index contributed by atoms with van der Waals surface area (Å²) < 4.78 is 0. The first kappa shape index (κ1) is 14.6. The Labute approximate surface area is 117 Å². The van der Waals surface area contributed by atoms with E-state index in [1.165, 1.54) is 0 Å². The highest BCUT2D eigenvalue weighted by atomic mass is 32.2. The van der Waals surface area contributed by atoms with Gasteiger partial charge in [-0.05, 0) is 0 Å². The molecule has 0 aromatic heterocycles. The fourth-order valence-corrected chi connectivity index (χ4v) is 3.57. The van der Waals surface area contributed by atoms with Gasteiger partial charge in [0.2, 0.25) is 5.91 Å². The van der Waals surface area contributed by atoms with Gasteiger partial charge in [0.25, 0.3) is 0 Å². The number of nitrogens with one attached hydrogen (secondary N) is 1. The Balaban J connectivity index is 1.88. The fraction of sp³-hybridized carbons (Fsp3) is 0.833. The van der Waals surface area contributed by atoms with Gasteiger partial charge in [0.15, 0.2) is 0 Å². The zero-order chi connectivity index (χ0) is 13.7. The molecular formula is C12H21N3O3S. The van der Waals surface area contributed by atoms with Crippen LogP contribution in [0.3, 0.4) is 0 Å². The first-order valence-corrected chi connectivity index (χ1v) is 7.84. The van der Waals surface area contributed by atoms with Gasteiger partial charge < -0.3 is 15.3 Å². The maximum absolute atomic E-state index is 12.3. The van der Waals surface area contributed by atoms with Crippen LogP contribution in [0.4, 0.5) is 0 Å². The second-order valence-electron chi connectivity index (χ2n) is 4.94. The topological polar surface area (TPSA) is 72.9 Å². The molecule has 2 N–H and O–H groups in total. The summed E-state index contributed by atoms with van der Waals surface area (Å²) in [5.41, 5.74) is 0. The van der Waals surface area contributed by atoms with Crippen LogP contribution in [-0.4, -0.2) is 83.6 Å². The molecule has 0 bridgehead atoms. The number of amides is 1. The highest BCUT2D eigenvalue weighted by Crippen LogP contribution is 2.19. The van der Waals surface area contributed by atoms with E-state index < -0.39 is 5.97 Å².